The van der Waals surface area contributed by atoms with Gasteiger partial charge in [-0.15, -0.1) is 0 Å². The number of furan rings is 1. The van der Waals surface area contributed by atoms with Crippen LogP contribution in [0.2, 0.25) is 0 Å². The molecule has 1 unspecified atom stereocenters. The van der Waals surface area contributed by atoms with Crippen LogP contribution >= 0.6 is 0 Å². The molecule has 0 saturated carbocycles. The van der Waals surface area contributed by atoms with Gasteiger partial charge in [0, 0.05) is 37.7 Å². The first-order valence-electron chi connectivity index (χ1n) is 10.1. The molecule has 2 aliphatic rings. The second-order valence-electron chi connectivity index (χ2n) is 7.90. The van der Waals surface area contributed by atoms with Gasteiger partial charge >= 0.3 is 6.03 Å². The van der Waals surface area contributed by atoms with Gasteiger partial charge in [0.2, 0.25) is 0 Å². The smallest absolute Gasteiger partial charge is 0.315 e. The molecule has 1 atom stereocenters. The predicted octanol–water partition coefficient (Wildman–Crippen LogP) is 3.93. The number of nitrogens with one attached hydrogen (secondary N) is 2. The molecule has 2 amide bonds. The number of carbonyl (C=O) groups is 1. The van der Waals surface area contributed by atoms with E-state index in [1.807, 2.05) is 6.07 Å². The van der Waals surface area contributed by atoms with E-state index in [1.54, 1.807) is 6.26 Å². The van der Waals surface area contributed by atoms with Crippen LogP contribution in [-0.4, -0.2) is 30.1 Å². The molecule has 1 aromatic heterocycles. The molecular weight excluding hydrogens is 338 g/mol. The number of likely N-dealkylation sites (tertiary alicyclic amines) is 1. The Hall–Kier alpha value is -2.27. The first-order chi connectivity index (χ1) is 13.2. The highest BCUT2D eigenvalue weighted by Gasteiger charge is 2.26. The highest BCUT2D eigenvalue weighted by molar-refractivity contribution is 5.74. The molecule has 1 aliphatic carbocycles. The van der Waals surface area contributed by atoms with E-state index in [0.717, 1.165) is 63.1 Å². The monoisotopic (exact) mass is 367 g/mol. The van der Waals surface area contributed by atoms with E-state index in [0.29, 0.717) is 0 Å². The van der Waals surface area contributed by atoms with Crippen LogP contribution < -0.4 is 10.6 Å². The van der Waals surface area contributed by atoms with Crippen LogP contribution in [0.25, 0.3) is 0 Å². The Labute approximate surface area is 161 Å². The summed E-state index contributed by atoms with van der Waals surface area (Å²) in [4.78, 5) is 14.9. The van der Waals surface area contributed by atoms with Crippen LogP contribution in [-0.2, 0) is 13.0 Å². The molecule has 0 radical (unpaired) electrons. The quantitative estimate of drug-likeness (QED) is 0.861. The zero-order chi connectivity index (χ0) is 18.6. The number of rotatable bonds is 4. The van der Waals surface area contributed by atoms with Gasteiger partial charge in [-0.25, -0.2) is 4.79 Å². The Kier molecular flexibility index (Phi) is 5.48. The zero-order valence-corrected chi connectivity index (χ0v) is 16.0. The molecule has 0 bridgehead atoms. The van der Waals surface area contributed by atoms with Crippen molar-refractivity contribution in [2.45, 2.75) is 57.7 Å². The standard InChI is InChI=1S/C22H29N3O2/c1-16-4-2-5-17(14-16)15-25-11-8-18(9-12-25)23-22(26)24-20-6-3-7-21-19(20)10-13-27-21/h2,4-5,10,13-14,18,20H,3,6-9,11-12,15H2,1H3,(H2,23,24,26). The summed E-state index contributed by atoms with van der Waals surface area (Å²) < 4.78 is 5.51. The lowest BCUT2D eigenvalue weighted by Crippen LogP contribution is -2.48. The Morgan fingerprint density at radius 1 is 1.19 bits per heavy atom. The molecule has 27 heavy (non-hydrogen) atoms. The van der Waals surface area contributed by atoms with E-state index in [1.165, 1.54) is 11.1 Å². The van der Waals surface area contributed by atoms with Crippen molar-refractivity contribution >= 4 is 6.03 Å². The fourth-order valence-electron chi connectivity index (χ4n) is 4.33. The topological polar surface area (TPSA) is 57.5 Å². The maximum absolute atomic E-state index is 12.5. The van der Waals surface area contributed by atoms with Crippen LogP contribution in [0.5, 0.6) is 0 Å². The Balaban J connectivity index is 1.23. The third-order valence-electron chi connectivity index (χ3n) is 5.77. The fraction of sp³-hybridized carbons (Fsp3) is 0.500. The maximum atomic E-state index is 12.5. The van der Waals surface area contributed by atoms with Crippen LogP contribution in [0.4, 0.5) is 4.79 Å². The highest BCUT2D eigenvalue weighted by atomic mass is 16.3. The van der Waals surface area contributed by atoms with Crippen molar-refractivity contribution in [3.05, 3.63) is 59.0 Å². The van der Waals surface area contributed by atoms with Gasteiger partial charge in [-0.1, -0.05) is 29.8 Å². The van der Waals surface area contributed by atoms with E-state index in [4.69, 9.17) is 4.42 Å². The summed E-state index contributed by atoms with van der Waals surface area (Å²) in [7, 11) is 0. The number of fused-ring (bicyclic) bond motifs is 1. The first kappa shape index (κ1) is 18.1. The Morgan fingerprint density at radius 2 is 2.04 bits per heavy atom. The van der Waals surface area contributed by atoms with Crippen LogP contribution in [0.15, 0.2) is 41.0 Å². The van der Waals surface area contributed by atoms with Gasteiger partial charge in [0.05, 0.1) is 12.3 Å². The van der Waals surface area contributed by atoms with E-state index in [9.17, 15) is 4.79 Å². The maximum Gasteiger partial charge on any atom is 0.315 e. The van der Waals surface area contributed by atoms with Crippen molar-refractivity contribution in [2.75, 3.05) is 13.1 Å². The molecule has 0 spiro atoms. The van der Waals surface area contributed by atoms with Crippen molar-refractivity contribution in [3.63, 3.8) is 0 Å². The van der Waals surface area contributed by atoms with Crippen molar-refractivity contribution in [3.8, 4) is 0 Å². The minimum Gasteiger partial charge on any atom is -0.469 e. The molecule has 1 saturated heterocycles. The zero-order valence-electron chi connectivity index (χ0n) is 16.0. The summed E-state index contributed by atoms with van der Waals surface area (Å²) in [5.41, 5.74) is 3.82. The van der Waals surface area contributed by atoms with Gasteiger partial charge in [-0.2, -0.15) is 0 Å². The van der Waals surface area contributed by atoms with Crippen molar-refractivity contribution in [1.82, 2.24) is 15.5 Å². The van der Waals surface area contributed by atoms with Crippen LogP contribution in [0.1, 0.15) is 54.2 Å². The number of piperidine rings is 1. The average molecular weight is 367 g/mol. The largest absolute Gasteiger partial charge is 0.469 e. The Bertz CT molecular complexity index is 777. The van der Waals surface area contributed by atoms with E-state index in [2.05, 4.69) is 46.7 Å². The SMILES string of the molecule is Cc1cccc(CN2CCC(NC(=O)NC3CCCc4occc43)CC2)c1. The molecule has 5 heteroatoms. The Morgan fingerprint density at radius 3 is 2.85 bits per heavy atom. The summed E-state index contributed by atoms with van der Waals surface area (Å²) in [5.74, 6) is 1.02. The third kappa shape index (κ3) is 4.53. The number of hydrogen-bond donors (Lipinski definition) is 2. The van der Waals surface area contributed by atoms with E-state index < -0.39 is 0 Å². The number of urea groups is 1. The van der Waals surface area contributed by atoms with Gasteiger partial charge in [-0.05, 0) is 44.2 Å². The first-order valence-corrected chi connectivity index (χ1v) is 10.1. The summed E-state index contributed by atoms with van der Waals surface area (Å²) in [6.07, 6.45) is 6.74. The van der Waals surface area contributed by atoms with E-state index in [-0.39, 0.29) is 18.1 Å². The van der Waals surface area contributed by atoms with Gasteiger partial charge in [0.1, 0.15) is 5.76 Å². The predicted molar refractivity (Wildman–Crippen MR) is 106 cm³/mol. The van der Waals surface area contributed by atoms with Crippen molar-refractivity contribution in [2.24, 2.45) is 0 Å². The van der Waals surface area contributed by atoms with Gasteiger partial charge < -0.3 is 15.1 Å². The molecule has 2 heterocycles. The molecule has 1 fully saturated rings. The lowest BCUT2D eigenvalue weighted by atomic mass is 9.93. The minimum atomic E-state index is -0.0498. The molecule has 2 aromatic rings. The van der Waals surface area contributed by atoms with Crippen molar-refractivity contribution in [1.29, 1.82) is 0 Å². The molecule has 144 valence electrons. The number of nitrogens with zero attached hydrogens (tertiary/aromatic N) is 1. The fourth-order valence-corrected chi connectivity index (χ4v) is 4.33. The van der Waals surface area contributed by atoms with E-state index >= 15 is 0 Å². The molecule has 1 aliphatic heterocycles. The molecule has 1 aromatic carbocycles. The number of hydrogen-bond acceptors (Lipinski definition) is 3. The molecule has 2 N–H and O–H groups in total. The minimum absolute atomic E-state index is 0.0498. The van der Waals surface area contributed by atoms with Crippen LogP contribution in [0.3, 0.4) is 0 Å². The summed E-state index contributed by atoms with van der Waals surface area (Å²) in [6.45, 7) is 5.17. The molecule has 4 rings (SSSR count). The van der Waals surface area contributed by atoms with Gasteiger partial charge in [0.25, 0.3) is 0 Å². The summed E-state index contributed by atoms with van der Waals surface area (Å²) in [5, 5.41) is 6.32. The van der Waals surface area contributed by atoms with Crippen LogP contribution in [0, 0.1) is 6.92 Å². The second kappa shape index (κ2) is 8.17. The average Bonchev–Trinajstić information content (AvgIpc) is 3.13. The molecule has 5 nitrogen and oxygen atoms in total. The second-order valence-corrected chi connectivity index (χ2v) is 7.90. The number of amides is 2. The lowest BCUT2D eigenvalue weighted by Gasteiger charge is -2.33. The number of benzene rings is 1. The number of carbonyl (C=O) groups excluding carboxylic acids is 1. The number of aryl methyl sites for hydroxylation is 2. The summed E-state index contributed by atoms with van der Waals surface area (Å²) in [6, 6.07) is 11.0. The van der Waals surface area contributed by atoms with Crippen molar-refractivity contribution < 1.29 is 9.21 Å². The molecular formula is C22H29N3O2. The van der Waals surface area contributed by atoms with Gasteiger partial charge in [0.15, 0.2) is 0 Å². The lowest BCUT2D eigenvalue weighted by molar-refractivity contribution is 0.185. The van der Waals surface area contributed by atoms with Gasteiger partial charge in [-0.3, -0.25) is 4.90 Å². The highest BCUT2D eigenvalue weighted by Crippen LogP contribution is 2.30. The normalized spacial score (nSPS) is 20.9. The summed E-state index contributed by atoms with van der Waals surface area (Å²) >= 11 is 0. The third-order valence-corrected chi connectivity index (χ3v) is 5.77.